The fourth-order valence-corrected chi connectivity index (χ4v) is 1.63. The third-order valence-electron chi connectivity index (χ3n) is 2.53. The van der Waals surface area contributed by atoms with Crippen molar-refractivity contribution in [2.75, 3.05) is 6.79 Å². The van der Waals surface area contributed by atoms with Crippen molar-refractivity contribution in [1.29, 1.82) is 0 Å². The third-order valence-corrected chi connectivity index (χ3v) is 2.53. The van der Waals surface area contributed by atoms with Crippen LogP contribution in [0.5, 0.6) is 0 Å². The molecule has 0 saturated carbocycles. The first kappa shape index (κ1) is 13.1. The molecular formula is C13H14N2O4. The maximum atomic E-state index is 11.8. The lowest BCUT2D eigenvalue weighted by atomic mass is 10.2. The maximum absolute atomic E-state index is 11.8. The Kier molecular flexibility index (Phi) is 4.12. The SMILES string of the molecule is CCCC(=O)OCOC(=O)c1cccc2[nH]cnc12. The van der Waals surface area contributed by atoms with Gasteiger partial charge in [-0.1, -0.05) is 13.0 Å². The molecule has 6 heteroatoms. The number of imidazole rings is 1. The van der Waals surface area contributed by atoms with Crippen LogP contribution in [0.4, 0.5) is 0 Å². The number of benzene rings is 1. The average Bonchev–Trinajstić information content (AvgIpc) is 2.86. The van der Waals surface area contributed by atoms with E-state index < -0.39 is 5.97 Å². The predicted octanol–water partition coefficient (Wildman–Crippen LogP) is 2.02. The summed E-state index contributed by atoms with van der Waals surface area (Å²) in [7, 11) is 0. The second-order valence-corrected chi connectivity index (χ2v) is 3.92. The number of H-pyrrole nitrogens is 1. The van der Waals surface area contributed by atoms with Gasteiger partial charge in [0.25, 0.3) is 0 Å². The summed E-state index contributed by atoms with van der Waals surface area (Å²) < 4.78 is 9.64. The summed E-state index contributed by atoms with van der Waals surface area (Å²) in [6, 6.07) is 5.14. The molecule has 0 aliphatic carbocycles. The molecule has 6 nitrogen and oxygen atoms in total. The smallest absolute Gasteiger partial charge is 0.343 e. The van der Waals surface area contributed by atoms with Crippen molar-refractivity contribution >= 4 is 23.0 Å². The number of carbonyl (C=O) groups excluding carboxylic acids is 2. The molecule has 0 atom stereocenters. The largest absolute Gasteiger partial charge is 0.428 e. The van der Waals surface area contributed by atoms with E-state index in [2.05, 4.69) is 9.97 Å². The van der Waals surface area contributed by atoms with E-state index in [4.69, 9.17) is 9.47 Å². The van der Waals surface area contributed by atoms with Crippen molar-refractivity contribution in [3.63, 3.8) is 0 Å². The molecule has 1 N–H and O–H groups in total. The van der Waals surface area contributed by atoms with Gasteiger partial charge in [-0.2, -0.15) is 0 Å². The molecular weight excluding hydrogens is 248 g/mol. The maximum Gasteiger partial charge on any atom is 0.343 e. The van der Waals surface area contributed by atoms with Crippen molar-refractivity contribution < 1.29 is 19.1 Å². The Morgan fingerprint density at radius 1 is 1.32 bits per heavy atom. The molecule has 0 spiro atoms. The molecule has 0 bridgehead atoms. The zero-order valence-corrected chi connectivity index (χ0v) is 10.5. The minimum atomic E-state index is -0.568. The molecule has 0 unspecified atom stereocenters. The van der Waals surface area contributed by atoms with Crippen LogP contribution in [-0.4, -0.2) is 28.7 Å². The Balaban J connectivity index is 1.97. The number of nitrogens with one attached hydrogen (secondary N) is 1. The Bertz CT molecular complexity index is 591. The predicted molar refractivity (Wildman–Crippen MR) is 67.4 cm³/mol. The van der Waals surface area contributed by atoms with Gasteiger partial charge in [0.15, 0.2) is 0 Å². The van der Waals surface area contributed by atoms with E-state index in [1.54, 1.807) is 18.2 Å². The topological polar surface area (TPSA) is 81.3 Å². The van der Waals surface area contributed by atoms with Gasteiger partial charge >= 0.3 is 11.9 Å². The summed E-state index contributed by atoms with van der Waals surface area (Å²) in [6.45, 7) is 1.49. The molecule has 1 heterocycles. The van der Waals surface area contributed by atoms with Gasteiger partial charge in [0.2, 0.25) is 6.79 Å². The Labute approximate surface area is 109 Å². The van der Waals surface area contributed by atoms with E-state index in [9.17, 15) is 9.59 Å². The van der Waals surface area contributed by atoms with Gasteiger partial charge in [-0.25, -0.2) is 9.78 Å². The normalized spacial score (nSPS) is 10.4. The second-order valence-electron chi connectivity index (χ2n) is 3.92. The van der Waals surface area contributed by atoms with Gasteiger partial charge in [0, 0.05) is 6.42 Å². The average molecular weight is 262 g/mol. The quantitative estimate of drug-likeness (QED) is 0.658. The number of para-hydroxylation sites is 1. The van der Waals surface area contributed by atoms with Crippen LogP contribution < -0.4 is 0 Å². The van der Waals surface area contributed by atoms with Crippen LogP contribution in [0.3, 0.4) is 0 Å². The lowest BCUT2D eigenvalue weighted by Crippen LogP contribution is -2.13. The molecule has 0 amide bonds. The highest BCUT2D eigenvalue weighted by molar-refractivity contribution is 6.01. The van der Waals surface area contributed by atoms with Crippen molar-refractivity contribution in [1.82, 2.24) is 9.97 Å². The highest BCUT2D eigenvalue weighted by Crippen LogP contribution is 2.15. The molecule has 0 aliphatic rings. The molecule has 0 aliphatic heterocycles. The number of hydrogen-bond acceptors (Lipinski definition) is 5. The molecule has 2 rings (SSSR count). The number of aromatic amines is 1. The molecule has 2 aromatic rings. The van der Waals surface area contributed by atoms with Gasteiger partial charge in [-0.15, -0.1) is 0 Å². The van der Waals surface area contributed by atoms with Crippen LogP contribution in [-0.2, 0) is 14.3 Å². The lowest BCUT2D eigenvalue weighted by Gasteiger charge is -2.06. The molecule has 0 saturated heterocycles. The van der Waals surface area contributed by atoms with Crippen molar-refractivity contribution in [2.45, 2.75) is 19.8 Å². The van der Waals surface area contributed by atoms with Crippen LogP contribution in [0.1, 0.15) is 30.1 Å². The number of nitrogens with zero attached hydrogens (tertiary/aromatic N) is 1. The van der Waals surface area contributed by atoms with Gasteiger partial charge in [-0.3, -0.25) is 4.79 Å². The van der Waals surface area contributed by atoms with E-state index in [0.717, 1.165) is 5.52 Å². The lowest BCUT2D eigenvalue weighted by molar-refractivity contribution is -0.152. The van der Waals surface area contributed by atoms with Crippen molar-refractivity contribution in [2.24, 2.45) is 0 Å². The first-order valence-corrected chi connectivity index (χ1v) is 5.97. The minimum Gasteiger partial charge on any atom is -0.428 e. The van der Waals surface area contributed by atoms with Crippen molar-refractivity contribution in [3.8, 4) is 0 Å². The number of aromatic nitrogens is 2. The van der Waals surface area contributed by atoms with Crippen LogP contribution in [0.25, 0.3) is 11.0 Å². The molecule has 100 valence electrons. The highest BCUT2D eigenvalue weighted by atomic mass is 16.7. The van der Waals surface area contributed by atoms with Crippen LogP contribution >= 0.6 is 0 Å². The summed E-state index contributed by atoms with van der Waals surface area (Å²) in [6.07, 6.45) is 2.51. The summed E-state index contributed by atoms with van der Waals surface area (Å²) in [5.41, 5.74) is 1.62. The van der Waals surface area contributed by atoms with E-state index in [1.165, 1.54) is 6.33 Å². The van der Waals surface area contributed by atoms with Crippen LogP contribution in [0, 0.1) is 0 Å². The zero-order valence-electron chi connectivity index (χ0n) is 10.5. The molecule has 19 heavy (non-hydrogen) atoms. The first-order chi connectivity index (χ1) is 9.22. The summed E-state index contributed by atoms with van der Waals surface area (Å²) >= 11 is 0. The van der Waals surface area contributed by atoms with E-state index in [-0.39, 0.29) is 12.8 Å². The summed E-state index contributed by atoms with van der Waals surface area (Å²) in [4.78, 5) is 29.9. The standard InChI is InChI=1S/C13H14N2O4/c1-2-4-11(16)18-8-19-13(17)9-5-3-6-10-12(9)15-7-14-10/h3,5-7H,2,4,8H2,1H3,(H,14,15). The summed E-state index contributed by atoms with van der Waals surface area (Å²) in [5.74, 6) is -0.949. The fourth-order valence-electron chi connectivity index (χ4n) is 1.63. The summed E-state index contributed by atoms with van der Waals surface area (Å²) in [5, 5.41) is 0. The van der Waals surface area contributed by atoms with Gasteiger partial charge in [0.05, 0.1) is 17.4 Å². The van der Waals surface area contributed by atoms with E-state index in [1.807, 2.05) is 6.92 Å². The van der Waals surface area contributed by atoms with Crippen LogP contribution in [0.15, 0.2) is 24.5 Å². The number of hydrogen-bond donors (Lipinski definition) is 1. The van der Waals surface area contributed by atoms with E-state index >= 15 is 0 Å². The molecule has 0 fully saturated rings. The van der Waals surface area contributed by atoms with Gasteiger partial charge in [0.1, 0.15) is 5.52 Å². The number of rotatable bonds is 5. The number of carbonyl (C=O) groups is 2. The fraction of sp³-hybridized carbons (Fsp3) is 0.308. The van der Waals surface area contributed by atoms with Crippen molar-refractivity contribution in [3.05, 3.63) is 30.1 Å². The zero-order chi connectivity index (χ0) is 13.7. The second kappa shape index (κ2) is 5.99. The first-order valence-electron chi connectivity index (χ1n) is 5.97. The third kappa shape index (κ3) is 3.09. The van der Waals surface area contributed by atoms with Crippen LogP contribution in [0.2, 0.25) is 0 Å². The highest BCUT2D eigenvalue weighted by Gasteiger charge is 2.13. The number of fused-ring (bicyclic) bond motifs is 1. The Morgan fingerprint density at radius 3 is 2.95 bits per heavy atom. The monoisotopic (exact) mass is 262 g/mol. The van der Waals surface area contributed by atoms with Gasteiger partial charge in [-0.05, 0) is 18.6 Å². The number of ether oxygens (including phenoxy) is 2. The van der Waals surface area contributed by atoms with E-state index in [0.29, 0.717) is 23.9 Å². The number of esters is 2. The molecule has 0 radical (unpaired) electrons. The minimum absolute atomic E-state index is 0.312. The Morgan fingerprint density at radius 2 is 2.16 bits per heavy atom. The molecule has 1 aromatic carbocycles. The molecule has 1 aromatic heterocycles. The Hall–Kier alpha value is -2.37. The van der Waals surface area contributed by atoms with Gasteiger partial charge < -0.3 is 14.5 Å².